The van der Waals surface area contributed by atoms with Crippen molar-refractivity contribution in [1.82, 2.24) is 9.55 Å². The van der Waals surface area contributed by atoms with Crippen molar-refractivity contribution in [3.05, 3.63) is 93.9 Å². The summed E-state index contributed by atoms with van der Waals surface area (Å²) in [4.78, 5) is 17.1. The molecule has 4 rings (SSSR count). The monoisotopic (exact) mass is 390 g/mol. The lowest BCUT2D eigenvalue weighted by atomic mass is 10.1. The van der Waals surface area contributed by atoms with Crippen LogP contribution in [-0.2, 0) is 0 Å². The molecule has 0 aliphatic carbocycles. The van der Waals surface area contributed by atoms with E-state index in [2.05, 4.69) is 15.5 Å². The lowest BCUT2D eigenvalue weighted by Crippen LogP contribution is -2.21. The molecular formula is C21H15ClN4O2. The van der Waals surface area contributed by atoms with E-state index in [1.54, 1.807) is 72.9 Å². The van der Waals surface area contributed by atoms with E-state index < -0.39 is 0 Å². The van der Waals surface area contributed by atoms with E-state index in [0.717, 1.165) is 5.69 Å². The highest BCUT2D eigenvalue weighted by Crippen LogP contribution is 2.25. The van der Waals surface area contributed by atoms with Gasteiger partial charge in [-0.25, -0.2) is 9.55 Å². The zero-order valence-corrected chi connectivity index (χ0v) is 15.3. The maximum atomic E-state index is 12.9. The minimum atomic E-state index is -0.352. The second-order valence-electron chi connectivity index (χ2n) is 5.99. The zero-order chi connectivity index (χ0) is 19.5. The molecule has 0 saturated heterocycles. The van der Waals surface area contributed by atoms with Crippen LogP contribution < -0.4 is 11.0 Å². The summed E-state index contributed by atoms with van der Waals surface area (Å²) in [7, 11) is 0. The fourth-order valence-corrected chi connectivity index (χ4v) is 3.01. The molecule has 2 aromatic heterocycles. The van der Waals surface area contributed by atoms with Gasteiger partial charge in [-0.3, -0.25) is 10.2 Å². The van der Waals surface area contributed by atoms with Crippen molar-refractivity contribution in [2.24, 2.45) is 5.10 Å². The Hall–Kier alpha value is -3.64. The molecule has 0 fully saturated rings. The molecule has 0 unspecified atom stereocenters. The molecule has 2 N–H and O–H groups in total. The van der Waals surface area contributed by atoms with Gasteiger partial charge in [0.15, 0.2) is 0 Å². The third kappa shape index (κ3) is 3.33. The molecule has 0 saturated carbocycles. The third-order valence-corrected chi connectivity index (χ3v) is 4.47. The number of nitrogens with one attached hydrogen (secondary N) is 1. The highest BCUT2D eigenvalue weighted by Gasteiger charge is 2.16. The second kappa shape index (κ2) is 7.54. The molecule has 7 heteroatoms. The topological polar surface area (TPSA) is 79.5 Å². The number of hydrazone groups is 1. The molecule has 0 atom stereocenters. The van der Waals surface area contributed by atoms with E-state index in [9.17, 15) is 9.90 Å². The van der Waals surface area contributed by atoms with Crippen LogP contribution in [0.3, 0.4) is 0 Å². The van der Waals surface area contributed by atoms with Gasteiger partial charge in [-0.2, -0.15) is 5.10 Å². The van der Waals surface area contributed by atoms with Gasteiger partial charge in [0.2, 0.25) is 5.88 Å². The zero-order valence-electron chi connectivity index (χ0n) is 14.6. The van der Waals surface area contributed by atoms with Crippen LogP contribution in [-0.4, -0.2) is 20.9 Å². The maximum Gasteiger partial charge on any atom is 0.267 e. The van der Waals surface area contributed by atoms with Crippen molar-refractivity contribution in [1.29, 1.82) is 0 Å². The summed E-state index contributed by atoms with van der Waals surface area (Å²) in [5.41, 5.74) is 3.67. The van der Waals surface area contributed by atoms with Gasteiger partial charge >= 0.3 is 0 Å². The van der Waals surface area contributed by atoms with Gasteiger partial charge in [0.05, 0.1) is 17.5 Å². The van der Waals surface area contributed by atoms with Crippen molar-refractivity contribution in [2.75, 3.05) is 5.43 Å². The van der Waals surface area contributed by atoms with E-state index in [-0.39, 0.29) is 11.4 Å². The quantitative estimate of drug-likeness (QED) is 0.404. The number of fused-ring (bicyclic) bond motifs is 1. The predicted molar refractivity (Wildman–Crippen MR) is 112 cm³/mol. The first-order chi connectivity index (χ1) is 13.6. The Morgan fingerprint density at radius 2 is 1.71 bits per heavy atom. The molecule has 6 nitrogen and oxygen atoms in total. The van der Waals surface area contributed by atoms with Crippen LogP contribution in [0.4, 0.5) is 5.69 Å². The predicted octanol–water partition coefficient (Wildman–Crippen LogP) is 4.19. The molecule has 28 heavy (non-hydrogen) atoms. The van der Waals surface area contributed by atoms with Crippen LogP contribution in [0.15, 0.2) is 82.8 Å². The van der Waals surface area contributed by atoms with Crippen LogP contribution in [0.5, 0.6) is 5.88 Å². The number of hydrogen-bond acceptors (Lipinski definition) is 5. The summed E-state index contributed by atoms with van der Waals surface area (Å²) < 4.78 is 1.17. The standard InChI is InChI=1S/C21H15ClN4O2/c22-14-8-10-15(11-9-14)25-24-13-18-16-5-1-2-6-17(16)20(27)26(21(18)28)19-7-3-4-12-23-19/h1-13,25,28H/b24-13+. The molecule has 4 aromatic rings. The van der Waals surface area contributed by atoms with Gasteiger partial charge in [0.1, 0.15) is 5.82 Å². The van der Waals surface area contributed by atoms with Crippen LogP contribution in [0.25, 0.3) is 16.6 Å². The van der Waals surface area contributed by atoms with Crippen LogP contribution in [0.2, 0.25) is 5.02 Å². The number of halogens is 1. The second-order valence-corrected chi connectivity index (χ2v) is 6.42. The minimum absolute atomic E-state index is 0.232. The van der Waals surface area contributed by atoms with Gasteiger partial charge in [0, 0.05) is 22.0 Å². The van der Waals surface area contributed by atoms with Crippen LogP contribution in [0.1, 0.15) is 5.56 Å². The molecule has 0 bridgehead atoms. The average Bonchev–Trinajstić information content (AvgIpc) is 2.73. The Bertz CT molecular complexity index is 1220. The normalized spacial score (nSPS) is 11.2. The maximum absolute atomic E-state index is 12.9. The largest absolute Gasteiger partial charge is 0.494 e. The Morgan fingerprint density at radius 1 is 1.00 bits per heavy atom. The van der Waals surface area contributed by atoms with Crippen LogP contribution in [0, 0.1) is 0 Å². The summed E-state index contributed by atoms with van der Waals surface area (Å²) in [5, 5.41) is 16.7. The summed E-state index contributed by atoms with van der Waals surface area (Å²) in [6.45, 7) is 0. The van der Waals surface area contributed by atoms with Crippen molar-refractivity contribution >= 4 is 34.3 Å². The van der Waals surface area contributed by atoms with Gasteiger partial charge in [-0.15, -0.1) is 0 Å². The molecule has 0 radical (unpaired) electrons. The highest BCUT2D eigenvalue weighted by atomic mass is 35.5. The van der Waals surface area contributed by atoms with Crippen molar-refractivity contribution < 1.29 is 5.11 Å². The van der Waals surface area contributed by atoms with E-state index in [4.69, 9.17) is 11.6 Å². The van der Waals surface area contributed by atoms with E-state index in [1.807, 2.05) is 0 Å². The van der Waals surface area contributed by atoms with Gasteiger partial charge in [-0.05, 0) is 42.5 Å². The Labute approximate surface area is 165 Å². The SMILES string of the molecule is O=c1c2ccccc2c(/C=N/Nc2ccc(Cl)cc2)c(O)n1-c1ccccn1. The molecule has 2 heterocycles. The summed E-state index contributed by atoms with van der Waals surface area (Å²) in [6.07, 6.45) is 3.04. The van der Waals surface area contributed by atoms with E-state index >= 15 is 0 Å². The van der Waals surface area contributed by atoms with Gasteiger partial charge < -0.3 is 5.11 Å². The first kappa shape index (κ1) is 17.8. The van der Waals surface area contributed by atoms with Crippen molar-refractivity contribution in [3.63, 3.8) is 0 Å². The first-order valence-corrected chi connectivity index (χ1v) is 8.86. The fraction of sp³-hybridized carbons (Fsp3) is 0. The molecule has 0 aliphatic rings. The highest BCUT2D eigenvalue weighted by molar-refractivity contribution is 6.30. The number of hydrogen-bond donors (Lipinski definition) is 2. The summed E-state index contributed by atoms with van der Waals surface area (Å²) in [5.74, 6) is 0.0973. The summed E-state index contributed by atoms with van der Waals surface area (Å²) in [6, 6.07) is 19.3. The number of nitrogens with zero attached hydrogens (tertiary/aromatic N) is 3. The molecular weight excluding hydrogens is 376 g/mol. The Kier molecular flexibility index (Phi) is 4.78. The average molecular weight is 391 g/mol. The number of aromatic hydroxyl groups is 1. The number of anilines is 1. The number of pyridine rings is 2. The number of rotatable bonds is 4. The minimum Gasteiger partial charge on any atom is -0.494 e. The lowest BCUT2D eigenvalue weighted by Gasteiger charge is -2.12. The Balaban J connectivity index is 1.84. The number of benzene rings is 2. The van der Waals surface area contributed by atoms with Crippen molar-refractivity contribution in [2.45, 2.75) is 0 Å². The smallest absolute Gasteiger partial charge is 0.267 e. The summed E-state index contributed by atoms with van der Waals surface area (Å²) >= 11 is 5.88. The fourth-order valence-electron chi connectivity index (χ4n) is 2.88. The van der Waals surface area contributed by atoms with E-state index in [0.29, 0.717) is 27.2 Å². The van der Waals surface area contributed by atoms with Gasteiger partial charge in [0.25, 0.3) is 5.56 Å². The Morgan fingerprint density at radius 3 is 2.43 bits per heavy atom. The molecule has 2 aromatic carbocycles. The van der Waals surface area contributed by atoms with E-state index in [1.165, 1.54) is 10.8 Å². The van der Waals surface area contributed by atoms with Crippen LogP contribution >= 0.6 is 11.6 Å². The lowest BCUT2D eigenvalue weighted by molar-refractivity contribution is 0.435. The third-order valence-electron chi connectivity index (χ3n) is 4.21. The number of aromatic nitrogens is 2. The van der Waals surface area contributed by atoms with Gasteiger partial charge in [-0.1, -0.05) is 35.9 Å². The van der Waals surface area contributed by atoms with Crippen molar-refractivity contribution in [3.8, 4) is 11.7 Å². The first-order valence-electron chi connectivity index (χ1n) is 8.48. The molecule has 0 spiro atoms. The molecule has 0 amide bonds. The molecule has 0 aliphatic heterocycles. The molecule has 138 valence electrons.